The third kappa shape index (κ3) is 3.31. The molecule has 1 fully saturated rings. The highest BCUT2D eigenvalue weighted by Crippen LogP contribution is 2.39. The first-order valence-corrected chi connectivity index (χ1v) is 7.19. The van der Waals surface area contributed by atoms with Crippen LogP contribution in [0.1, 0.15) is 43.4 Å². The summed E-state index contributed by atoms with van der Waals surface area (Å²) in [4.78, 5) is 16.4. The molecule has 0 saturated heterocycles. The van der Waals surface area contributed by atoms with Crippen LogP contribution in [0.25, 0.3) is 0 Å². The highest BCUT2D eigenvalue weighted by atomic mass is 79.9. The van der Waals surface area contributed by atoms with Gasteiger partial charge in [0.1, 0.15) is 0 Å². The summed E-state index contributed by atoms with van der Waals surface area (Å²) in [7, 11) is 0. The molecule has 0 N–H and O–H groups in total. The number of halogens is 1. The first-order valence-electron chi connectivity index (χ1n) is 6.40. The molecular formula is C14H18BrNO2. The summed E-state index contributed by atoms with van der Waals surface area (Å²) in [6.07, 6.45) is 5.09. The molecule has 1 atom stereocenters. The van der Waals surface area contributed by atoms with E-state index in [4.69, 9.17) is 4.74 Å². The summed E-state index contributed by atoms with van der Waals surface area (Å²) in [6, 6.07) is 1.98. The zero-order chi connectivity index (χ0) is 13.1. The van der Waals surface area contributed by atoms with Crippen LogP contribution >= 0.6 is 15.9 Å². The average molecular weight is 312 g/mol. The van der Waals surface area contributed by atoms with Gasteiger partial charge in [0.25, 0.3) is 0 Å². The molecule has 1 aromatic heterocycles. The summed E-state index contributed by atoms with van der Waals surface area (Å²) in [5.74, 6) is 0.327. The molecular weight excluding hydrogens is 294 g/mol. The maximum absolute atomic E-state index is 12.0. The van der Waals surface area contributed by atoms with E-state index in [1.807, 2.05) is 19.9 Å². The standard InChI is InChI=1S/C14H18BrNO2/c1-3-18-14(17)11(7-10-4-5-10)13-6-9(2)12(15)8-16-13/h6,8,10-11H,3-5,7H2,1-2H3. The van der Waals surface area contributed by atoms with Gasteiger partial charge in [-0.2, -0.15) is 0 Å². The van der Waals surface area contributed by atoms with E-state index in [-0.39, 0.29) is 11.9 Å². The summed E-state index contributed by atoms with van der Waals surface area (Å²) in [5.41, 5.74) is 1.94. The lowest BCUT2D eigenvalue weighted by atomic mass is 9.97. The number of rotatable bonds is 5. The Morgan fingerprint density at radius 2 is 2.33 bits per heavy atom. The van der Waals surface area contributed by atoms with Crippen LogP contribution in [0.2, 0.25) is 0 Å². The minimum absolute atomic E-state index is 0.140. The molecule has 0 amide bonds. The Bertz CT molecular complexity index is 443. The van der Waals surface area contributed by atoms with Crippen molar-refractivity contribution in [2.75, 3.05) is 6.61 Å². The second-order valence-electron chi connectivity index (χ2n) is 4.84. The van der Waals surface area contributed by atoms with E-state index in [1.165, 1.54) is 12.8 Å². The number of aryl methyl sites for hydroxylation is 1. The molecule has 1 saturated carbocycles. The van der Waals surface area contributed by atoms with Crippen LogP contribution < -0.4 is 0 Å². The van der Waals surface area contributed by atoms with Crippen molar-refractivity contribution >= 4 is 21.9 Å². The fourth-order valence-corrected chi connectivity index (χ4v) is 2.24. The Labute approximate surface area is 116 Å². The lowest BCUT2D eigenvalue weighted by Crippen LogP contribution is -2.18. The molecule has 1 aliphatic rings. The molecule has 98 valence electrons. The van der Waals surface area contributed by atoms with Crippen molar-refractivity contribution < 1.29 is 9.53 Å². The van der Waals surface area contributed by atoms with Gasteiger partial charge < -0.3 is 4.74 Å². The van der Waals surface area contributed by atoms with Gasteiger partial charge in [0.2, 0.25) is 0 Å². The Kier molecular flexibility index (Phi) is 4.38. The minimum Gasteiger partial charge on any atom is -0.465 e. The second-order valence-corrected chi connectivity index (χ2v) is 5.70. The Balaban J connectivity index is 2.20. The molecule has 1 heterocycles. The predicted molar refractivity (Wildman–Crippen MR) is 73.4 cm³/mol. The summed E-state index contributed by atoms with van der Waals surface area (Å²) in [5, 5.41) is 0. The van der Waals surface area contributed by atoms with Crippen molar-refractivity contribution in [2.24, 2.45) is 5.92 Å². The molecule has 0 bridgehead atoms. The predicted octanol–water partition coefficient (Wildman–Crippen LogP) is 3.60. The third-order valence-corrected chi connectivity index (χ3v) is 4.09. The Morgan fingerprint density at radius 3 is 2.89 bits per heavy atom. The van der Waals surface area contributed by atoms with Crippen molar-refractivity contribution in [3.63, 3.8) is 0 Å². The number of nitrogens with zero attached hydrogens (tertiary/aromatic N) is 1. The normalized spacial score (nSPS) is 16.4. The molecule has 1 aromatic rings. The summed E-state index contributed by atoms with van der Waals surface area (Å²) in [6.45, 7) is 4.27. The van der Waals surface area contributed by atoms with Gasteiger partial charge in [0.05, 0.1) is 18.2 Å². The number of hydrogen-bond acceptors (Lipinski definition) is 3. The van der Waals surface area contributed by atoms with Crippen molar-refractivity contribution in [2.45, 2.75) is 39.0 Å². The lowest BCUT2D eigenvalue weighted by molar-refractivity contribution is -0.145. The van der Waals surface area contributed by atoms with E-state index in [1.54, 1.807) is 6.20 Å². The smallest absolute Gasteiger partial charge is 0.315 e. The maximum atomic E-state index is 12.0. The van der Waals surface area contributed by atoms with E-state index in [9.17, 15) is 4.79 Å². The van der Waals surface area contributed by atoms with Crippen LogP contribution in [0.15, 0.2) is 16.7 Å². The maximum Gasteiger partial charge on any atom is 0.315 e. The average Bonchev–Trinajstić information content (AvgIpc) is 3.14. The fraction of sp³-hybridized carbons (Fsp3) is 0.571. The van der Waals surface area contributed by atoms with E-state index < -0.39 is 0 Å². The van der Waals surface area contributed by atoms with Crippen LogP contribution in [-0.2, 0) is 9.53 Å². The van der Waals surface area contributed by atoms with Crippen molar-refractivity contribution in [1.82, 2.24) is 4.98 Å². The van der Waals surface area contributed by atoms with E-state index in [2.05, 4.69) is 20.9 Å². The second kappa shape index (κ2) is 5.83. The van der Waals surface area contributed by atoms with Gasteiger partial charge in [-0.3, -0.25) is 9.78 Å². The Morgan fingerprint density at radius 1 is 1.61 bits per heavy atom. The highest BCUT2D eigenvalue weighted by Gasteiger charge is 2.32. The first kappa shape index (κ1) is 13.5. The first-order chi connectivity index (χ1) is 8.61. The van der Waals surface area contributed by atoms with Crippen LogP contribution in [0.3, 0.4) is 0 Å². The molecule has 1 unspecified atom stereocenters. The summed E-state index contributed by atoms with van der Waals surface area (Å²) >= 11 is 3.43. The monoisotopic (exact) mass is 311 g/mol. The zero-order valence-electron chi connectivity index (χ0n) is 10.8. The quantitative estimate of drug-likeness (QED) is 0.780. The molecule has 0 radical (unpaired) electrons. The third-order valence-electron chi connectivity index (χ3n) is 3.26. The number of pyridine rings is 1. The van der Waals surface area contributed by atoms with E-state index in [0.717, 1.165) is 22.2 Å². The molecule has 3 nitrogen and oxygen atoms in total. The Hall–Kier alpha value is -0.900. The number of aromatic nitrogens is 1. The van der Waals surface area contributed by atoms with Gasteiger partial charge >= 0.3 is 5.97 Å². The zero-order valence-corrected chi connectivity index (χ0v) is 12.4. The molecule has 0 spiro atoms. The van der Waals surface area contributed by atoms with Crippen LogP contribution in [0.5, 0.6) is 0 Å². The molecule has 0 aliphatic heterocycles. The summed E-state index contributed by atoms with van der Waals surface area (Å²) < 4.78 is 6.14. The SMILES string of the molecule is CCOC(=O)C(CC1CC1)c1cc(C)c(Br)cn1. The van der Waals surface area contributed by atoms with Crippen LogP contribution in [0.4, 0.5) is 0 Å². The molecule has 1 aliphatic carbocycles. The van der Waals surface area contributed by atoms with Gasteiger partial charge in [-0.1, -0.05) is 12.8 Å². The largest absolute Gasteiger partial charge is 0.465 e. The van der Waals surface area contributed by atoms with Crippen molar-refractivity contribution in [1.29, 1.82) is 0 Å². The van der Waals surface area contributed by atoms with Gasteiger partial charge in [-0.05, 0) is 53.7 Å². The number of carbonyl (C=O) groups is 1. The molecule has 4 heteroatoms. The fourth-order valence-electron chi connectivity index (χ4n) is 2.02. The topological polar surface area (TPSA) is 39.2 Å². The van der Waals surface area contributed by atoms with Crippen LogP contribution in [-0.4, -0.2) is 17.6 Å². The number of ether oxygens (including phenoxy) is 1. The van der Waals surface area contributed by atoms with E-state index in [0.29, 0.717) is 12.5 Å². The number of esters is 1. The lowest BCUT2D eigenvalue weighted by Gasteiger charge is -2.15. The van der Waals surface area contributed by atoms with Crippen molar-refractivity contribution in [3.05, 3.63) is 28.0 Å². The van der Waals surface area contributed by atoms with Crippen LogP contribution in [0, 0.1) is 12.8 Å². The van der Waals surface area contributed by atoms with Gasteiger partial charge in [-0.25, -0.2) is 0 Å². The van der Waals surface area contributed by atoms with Crippen molar-refractivity contribution in [3.8, 4) is 0 Å². The molecule has 0 aromatic carbocycles. The number of carbonyl (C=O) groups excluding carboxylic acids is 1. The van der Waals surface area contributed by atoms with Gasteiger partial charge in [0, 0.05) is 10.7 Å². The van der Waals surface area contributed by atoms with Gasteiger partial charge in [-0.15, -0.1) is 0 Å². The van der Waals surface area contributed by atoms with E-state index >= 15 is 0 Å². The number of hydrogen-bond donors (Lipinski definition) is 0. The molecule has 2 rings (SSSR count). The highest BCUT2D eigenvalue weighted by molar-refractivity contribution is 9.10. The van der Waals surface area contributed by atoms with Gasteiger partial charge in [0.15, 0.2) is 0 Å². The minimum atomic E-state index is -0.204. The molecule has 18 heavy (non-hydrogen) atoms.